The highest BCUT2D eigenvalue weighted by Gasteiger charge is 2.24. The Morgan fingerprint density at radius 1 is 1.69 bits per heavy atom. The molecule has 0 N–H and O–H groups in total. The van der Waals surface area contributed by atoms with Gasteiger partial charge in [-0.1, -0.05) is 0 Å². The number of hydrogen-bond donors (Lipinski definition) is 0. The fourth-order valence-corrected chi connectivity index (χ4v) is 1.89. The average Bonchev–Trinajstić information content (AvgIpc) is 2.51. The lowest BCUT2D eigenvalue weighted by atomic mass is 10.1. The minimum Gasteiger partial charge on any atom is -0.372 e. The van der Waals surface area contributed by atoms with Crippen LogP contribution < -0.4 is 0 Å². The van der Waals surface area contributed by atoms with Crippen LogP contribution in [0.4, 0.5) is 0 Å². The lowest BCUT2D eigenvalue weighted by Gasteiger charge is -2.26. The molecule has 0 bridgehead atoms. The fourth-order valence-electron chi connectivity index (χ4n) is 1.64. The Kier molecular flexibility index (Phi) is 2.56. The summed E-state index contributed by atoms with van der Waals surface area (Å²) in [5.41, 5.74) is 1.12. The summed E-state index contributed by atoms with van der Waals surface area (Å²) in [5.74, 6) is 0. The van der Waals surface area contributed by atoms with E-state index in [0.717, 1.165) is 25.1 Å². The number of nitrogens with zero attached hydrogens (tertiary/aromatic N) is 2. The molecule has 3 nitrogen and oxygen atoms in total. The van der Waals surface area contributed by atoms with Gasteiger partial charge in [0.1, 0.15) is 6.10 Å². The van der Waals surface area contributed by atoms with Gasteiger partial charge in [0.15, 0.2) is 0 Å². The number of imidazole rings is 1. The molecule has 2 rings (SSSR count). The molecular formula is C9H13ClN2O. The quantitative estimate of drug-likeness (QED) is 0.648. The van der Waals surface area contributed by atoms with Gasteiger partial charge >= 0.3 is 0 Å². The van der Waals surface area contributed by atoms with Crippen LogP contribution in [0.15, 0.2) is 12.5 Å². The van der Waals surface area contributed by atoms with Crippen molar-refractivity contribution in [1.82, 2.24) is 9.55 Å². The molecule has 72 valence electrons. The zero-order chi connectivity index (χ0) is 9.26. The van der Waals surface area contributed by atoms with E-state index in [1.54, 1.807) is 6.33 Å². The second-order valence-corrected chi connectivity index (χ2v) is 4.03. The fraction of sp³-hybridized carbons (Fsp3) is 0.667. The highest BCUT2D eigenvalue weighted by Crippen LogP contribution is 2.29. The van der Waals surface area contributed by atoms with E-state index in [1.807, 2.05) is 17.8 Å². The van der Waals surface area contributed by atoms with Gasteiger partial charge in [-0.25, -0.2) is 4.98 Å². The minimum atomic E-state index is 0.128. The van der Waals surface area contributed by atoms with Gasteiger partial charge < -0.3 is 9.30 Å². The van der Waals surface area contributed by atoms with Crippen molar-refractivity contribution in [3.63, 3.8) is 0 Å². The number of alkyl halides is 1. The van der Waals surface area contributed by atoms with Crippen LogP contribution in [0.1, 0.15) is 24.6 Å². The molecule has 2 heterocycles. The van der Waals surface area contributed by atoms with Crippen molar-refractivity contribution in [2.45, 2.75) is 24.3 Å². The molecule has 0 aromatic carbocycles. The largest absolute Gasteiger partial charge is 0.372 e. The molecule has 2 atom stereocenters. The van der Waals surface area contributed by atoms with Gasteiger partial charge in [-0.15, -0.1) is 11.6 Å². The molecule has 1 saturated heterocycles. The molecule has 0 spiro atoms. The summed E-state index contributed by atoms with van der Waals surface area (Å²) < 4.78 is 7.61. The molecular weight excluding hydrogens is 188 g/mol. The maximum atomic E-state index is 6.07. The van der Waals surface area contributed by atoms with Crippen LogP contribution in [-0.2, 0) is 11.8 Å². The van der Waals surface area contributed by atoms with E-state index in [4.69, 9.17) is 16.3 Å². The molecule has 1 aromatic heterocycles. The Hall–Kier alpha value is -0.540. The third kappa shape index (κ3) is 1.86. The van der Waals surface area contributed by atoms with E-state index in [1.165, 1.54) is 0 Å². The van der Waals surface area contributed by atoms with Crippen molar-refractivity contribution in [1.29, 1.82) is 0 Å². The van der Waals surface area contributed by atoms with Gasteiger partial charge in [-0.05, 0) is 12.8 Å². The normalized spacial score (nSPS) is 29.1. The van der Waals surface area contributed by atoms with Gasteiger partial charge in [0, 0.05) is 19.0 Å². The van der Waals surface area contributed by atoms with E-state index in [2.05, 4.69) is 4.98 Å². The summed E-state index contributed by atoms with van der Waals surface area (Å²) >= 11 is 6.07. The van der Waals surface area contributed by atoms with Crippen LogP contribution in [0.5, 0.6) is 0 Å². The summed E-state index contributed by atoms with van der Waals surface area (Å²) in [6, 6.07) is 0. The van der Waals surface area contributed by atoms with Gasteiger partial charge in [-0.3, -0.25) is 0 Å². The monoisotopic (exact) mass is 200 g/mol. The minimum absolute atomic E-state index is 0.128. The standard InChI is InChI=1S/C9H13ClN2O/c1-12-6-11-5-8(12)9-4-7(10)2-3-13-9/h5-7,9H,2-4H2,1H3. The highest BCUT2D eigenvalue weighted by atomic mass is 35.5. The van der Waals surface area contributed by atoms with E-state index in [9.17, 15) is 0 Å². The third-order valence-electron chi connectivity index (χ3n) is 2.40. The second kappa shape index (κ2) is 3.68. The summed E-state index contributed by atoms with van der Waals surface area (Å²) in [6.07, 6.45) is 5.61. The van der Waals surface area contributed by atoms with Crippen molar-refractivity contribution >= 4 is 11.6 Å². The van der Waals surface area contributed by atoms with Crippen LogP contribution in [0, 0.1) is 0 Å². The summed E-state index contributed by atoms with van der Waals surface area (Å²) in [5, 5.41) is 0.244. The zero-order valence-corrected chi connectivity index (χ0v) is 8.37. The second-order valence-electron chi connectivity index (χ2n) is 3.41. The predicted molar refractivity (Wildman–Crippen MR) is 50.8 cm³/mol. The number of aromatic nitrogens is 2. The van der Waals surface area contributed by atoms with Crippen LogP contribution >= 0.6 is 11.6 Å². The van der Waals surface area contributed by atoms with E-state index in [-0.39, 0.29) is 11.5 Å². The predicted octanol–water partition coefficient (Wildman–Crippen LogP) is 1.88. The molecule has 13 heavy (non-hydrogen) atoms. The number of hydrogen-bond acceptors (Lipinski definition) is 2. The lowest BCUT2D eigenvalue weighted by Crippen LogP contribution is -2.21. The van der Waals surface area contributed by atoms with Gasteiger partial charge in [-0.2, -0.15) is 0 Å². The first-order chi connectivity index (χ1) is 6.27. The van der Waals surface area contributed by atoms with E-state index < -0.39 is 0 Å². The Bertz CT molecular complexity index is 287. The molecule has 0 amide bonds. The van der Waals surface area contributed by atoms with Gasteiger partial charge in [0.05, 0.1) is 18.2 Å². The molecule has 1 aromatic rings. The van der Waals surface area contributed by atoms with Crippen LogP contribution in [0.3, 0.4) is 0 Å². The van der Waals surface area contributed by atoms with Crippen molar-refractivity contribution in [3.05, 3.63) is 18.2 Å². The van der Waals surface area contributed by atoms with Gasteiger partial charge in [0.2, 0.25) is 0 Å². The third-order valence-corrected chi connectivity index (χ3v) is 2.80. The maximum Gasteiger partial charge on any atom is 0.100 e. The average molecular weight is 201 g/mol. The summed E-state index contributed by atoms with van der Waals surface area (Å²) in [6.45, 7) is 0.754. The van der Waals surface area contributed by atoms with Crippen molar-refractivity contribution in [2.75, 3.05) is 6.61 Å². The van der Waals surface area contributed by atoms with Crippen molar-refractivity contribution < 1.29 is 4.74 Å². The Labute approximate surface area is 82.7 Å². The highest BCUT2D eigenvalue weighted by molar-refractivity contribution is 6.20. The molecule has 1 fully saturated rings. The first-order valence-corrected chi connectivity index (χ1v) is 4.93. The van der Waals surface area contributed by atoms with Gasteiger partial charge in [0.25, 0.3) is 0 Å². The number of aryl methyl sites for hydroxylation is 1. The molecule has 0 radical (unpaired) electrons. The topological polar surface area (TPSA) is 27.1 Å². The molecule has 4 heteroatoms. The van der Waals surface area contributed by atoms with Crippen molar-refractivity contribution in [3.8, 4) is 0 Å². The lowest BCUT2D eigenvalue weighted by molar-refractivity contribution is 0.0125. The number of rotatable bonds is 1. The summed E-state index contributed by atoms with van der Waals surface area (Å²) in [7, 11) is 1.98. The number of halogens is 1. The summed E-state index contributed by atoms with van der Waals surface area (Å²) in [4.78, 5) is 4.06. The van der Waals surface area contributed by atoms with E-state index in [0.29, 0.717) is 0 Å². The zero-order valence-electron chi connectivity index (χ0n) is 7.61. The molecule has 1 aliphatic rings. The number of ether oxygens (including phenoxy) is 1. The van der Waals surface area contributed by atoms with Crippen LogP contribution in [0.2, 0.25) is 0 Å². The first-order valence-electron chi connectivity index (χ1n) is 4.49. The molecule has 1 aliphatic heterocycles. The Morgan fingerprint density at radius 3 is 3.15 bits per heavy atom. The Balaban J connectivity index is 2.12. The SMILES string of the molecule is Cn1cncc1C1CC(Cl)CCO1. The van der Waals surface area contributed by atoms with E-state index >= 15 is 0 Å². The van der Waals surface area contributed by atoms with Crippen molar-refractivity contribution in [2.24, 2.45) is 7.05 Å². The Morgan fingerprint density at radius 2 is 2.54 bits per heavy atom. The smallest absolute Gasteiger partial charge is 0.100 e. The molecule has 0 aliphatic carbocycles. The molecule has 2 unspecified atom stereocenters. The molecule has 0 saturated carbocycles. The van der Waals surface area contributed by atoms with Crippen LogP contribution in [-0.4, -0.2) is 21.5 Å². The maximum absolute atomic E-state index is 6.07. The first kappa shape index (κ1) is 9.03. The van der Waals surface area contributed by atoms with Crippen LogP contribution in [0.25, 0.3) is 0 Å².